The van der Waals surface area contributed by atoms with E-state index in [-0.39, 0.29) is 0 Å². The topological polar surface area (TPSA) is 17.8 Å². The maximum atomic E-state index is 6.15. The number of halogens is 2. The highest BCUT2D eigenvalue weighted by Crippen LogP contribution is 2.23. The lowest BCUT2D eigenvalue weighted by atomic mass is 10.2. The zero-order chi connectivity index (χ0) is 11.5. The minimum absolute atomic E-state index is 0.480. The zero-order valence-electron chi connectivity index (χ0n) is 8.95. The summed E-state index contributed by atoms with van der Waals surface area (Å²) in [5.74, 6) is 0.480. The highest BCUT2D eigenvalue weighted by Gasteiger charge is 2.11. The molecule has 0 N–H and O–H groups in total. The molecular formula is C12H12Cl2N2. The van der Waals surface area contributed by atoms with Crippen LogP contribution in [-0.2, 0) is 12.3 Å². The molecule has 0 aliphatic heterocycles. The van der Waals surface area contributed by atoms with E-state index in [1.54, 1.807) is 6.20 Å². The minimum atomic E-state index is 0.480. The van der Waals surface area contributed by atoms with Gasteiger partial charge in [-0.15, -0.1) is 11.6 Å². The second kappa shape index (κ2) is 4.89. The van der Waals surface area contributed by atoms with Gasteiger partial charge in [0.25, 0.3) is 0 Å². The Balaban J connectivity index is 2.56. The van der Waals surface area contributed by atoms with Crippen LogP contribution in [0, 0.1) is 0 Å². The van der Waals surface area contributed by atoms with Gasteiger partial charge in [0.1, 0.15) is 0 Å². The summed E-state index contributed by atoms with van der Waals surface area (Å²) < 4.78 is 1.86. The first kappa shape index (κ1) is 11.5. The van der Waals surface area contributed by atoms with Gasteiger partial charge in [-0.25, -0.2) is 4.68 Å². The number of alkyl halides is 1. The van der Waals surface area contributed by atoms with Crippen LogP contribution in [0.1, 0.15) is 18.2 Å². The molecule has 0 unspecified atom stereocenters. The largest absolute Gasteiger partial charge is 0.236 e. The Bertz CT molecular complexity index is 492. The van der Waals surface area contributed by atoms with Crippen molar-refractivity contribution in [2.45, 2.75) is 19.2 Å². The van der Waals surface area contributed by atoms with Gasteiger partial charge in [-0.3, -0.25) is 0 Å². The fourth-order valence-corrected chi connectivity index (χ4v) is 2.17. The van der Waals surface area contributed by atoms with Gasteiger partial charge in [0.05, 0.1) is 22.8 Å². The van der Waals surface area contributed by atoms with Crippen molar-refractivity contribution in [3.63, 3.8) is 0 Å². The molecule has 0 fully saturated rings. The van der Waals surface area contributed by atoms with Crippen molar-refractivity contribution in [3.8, 4) is 5.69 Å². The molecule has 0 aliphatic carbocycles. The van der Waals surface area contributed by atoms with Crippen LogP contribution in [0.15, 0.2) is 30.5 Å². The highest BCUT2D eigenvalue weighted by atomic mass is 35.5. The Labute approximate surface area is 105 Å². The summed E-state index contributed by atoms with van der Waals surface area (Å²) in [5, 5.41) is 5.03. The highest BCUT2D eigenvalue weighted by molar-refractivity contribution is 6.32. The summed E-state index contributed by atoms with van der Waals surface area (Å²) in [6.45, 7) is 2.08. The Morgan fingerprint density at radius 2 is 2.06 bits per heavy atom. The fraction of sp³-hybridized carbons (Fsp3) is 0.250. The van der Waals surface area contributed by atoms with E-state index in [0.29, 0.717) is 10.9 Å². The van der Waals surface area contributed by atoms with Gasteiger partial charge in [0.2, 0.25) is 0 Å². The van der Waals surface area contributed by atoms with E-state index in [1.165, 1.54) is 0 Å². The van der Waals surface area contributed by atoms with Gasteiger partial charge >= 0.3 is 0 Å². The first-order chi connectivity index (χ1) is 7.77. The molecule has 0 spiro atoms. The van der Waals surface area contributed by atoms with Crippen molar-refractivity contribution in [2.75, 3.05) is 0 Å². The Morgan fingerprint density at radius 1 is 1.31 bits per heavy atom. The normalized spacial score (nSPS) is 10.7. The standard InChI is InChI=1S/C12H12Cl2N2/c1-2-11-9(7-13)8-15-16(11)12-6-4-3-5-10(12)14/h3-6,8H,2,7H2,1H3. The molecule has 4 heteroatoms. The molecule has 16 heavy (non-hydrogen) atoms. The first-order valence-electron chi connectivity index (χ1n) is 5.14. The van der Waals surface area contributed by atoms with Crippen LogP contribution in [0.5, 0.6) is 0 Å². The molecule has 1 aromatic heterocycles. The van der Waals surface area contributed by atoms with Crippen LogP contribution in [0.2, 0.25) is 5.02 Å². The molecule has 2 aromatic rings. The molecule has 1 heterocycles. The second-order valence-corrected chi connectivity index (χ2v) is 4.14. The molecule has 0 radical (unpaired) electrons. The average molecular weight is 255 g/mol. The van der Waals surface area contributed by atoms with E-state index in [1.807, 2.05) is 28.9 Å². The van der Waals surface area contributed by atoms with E-state index in [9.17, 15) is 0 Å². The Kier molecular flexibility index (Phi) is 3.52. The van der Waals surface area contributed by atoms with Crippen LogP contribution in [0.3, 0.4) is 0 Å². The molecule has 0 saturated carbocycles. The number of para-hydroxylation sites is 1. The Morgan fingerprint density at radius 3 is 2.69 bits per heavy atom. The molecule has 2 nitrogen and oxygen atoms in total. The van der Waals surface area contributed by atoms with Crippen LogP contribution >= 0.6 is 23.2 Å². The van der Waals surface area contributed by atoms with E-state index < -0.39 is 0 Å². The average Bonchev–Trinajstić information content (AvgIpc) is 2.72. The second-order valence-electron chi connectivity index (χ2n) is 3.47. The lowest BCUT2D eigenvalue weighted by Crippen LogP contribution is -2.02. The van der Waals surface area contributed by atoms with Crippen molar-refractivity contribution >= 4 is 23.2 Å². The van der Waals surface area contributed by atoms with Crippen molar-refractivity contribution in [1.29, 1.82) is 0 Å². The molecule has 0 atom stereocenters. The monoisotopic (exact) mass is 254 g/mol. The van der Waals surface area contributed by atoms with Crippen LogP contribution in [0.25, 0.3) is 5.69 Å². The fourth-order valence-electron chi connectivity index (χ4n) is 1.73. The molecule has 0 amide bonds. The molecule has 84 valence electrons. The van der Waals surface area contributed by atoms with E-state index in [0.717, 1.165) is 23.4 Å². The third kappa shape index (κ3) is 1.95. The zero-order valence-corrected chi connectivity index (χ0v) is 10.5. The molecule has 0 saturated heterocycles. The maximum absolute atomic E-state index is 6.15. The van der Waals surface area contributed by atoms with Crippen molar-refractivity contribution in [3.05, 3.63) is 46.7 Å². The minimum Gasteiger partial charge on any atom is -0.236 e. The molecule has 0 bridgehead atoms. The molecule has 1 aromatic carbocycles. The molecular weight excluding hydrogens is 243 g/mol. The van der Waals surface area contributed by atoms with Gasteiger partial charge in [0, 0.05) is 11.3 Å². The number of rotatable bonds is 3. The van der Waals surface area contributed by atoms with Gasteiger partial charge in [-0.05, 0) is 18.6 Å². The van der Waals surface area contributed by atoms with Gasteiger partial charge in [0.15, 0.2) is 0 Å². The third-order valence-corrected chi connectivity index (χ3v) is 3.12. The van der Waals surface area contributed by atoms with E-state index >= 15 is 0 Å². The van der Waals surface area contributed by atoms with E-state index in [2.05, 4.69) is 12.0 Å². The van der Waals surface area contributed by atoms with Gasteiger partial charge in [-0.2, -0.15) is 5.10 Å². The third-order valence-electron chi connectivity index (χ3n) is 2.51. The van der Waals surface area contributed by atoms with Gasteiger partial charge < -0.3 is 0 Å². The summed E-state index contributed by atoms with van der Waals surface area (Å²) in [7, 11) is 0. The number of hydrogen-bond donors (Lipinski definition) is 0. The first-order valence-corrected chi connectivity index (χ1v) is 6.05. The quantitative estimate of drug-likeness (QED) is 0.762. The Hall–Kier alpha value is -0.990. The van der Waals surface area contributed by atoms with Crippen LogP contribution in [0.4, 0.5) is 0 Å². The van der Waals surface area contributed by atoms with Crippen molar-refractivity contribution in [2.24, 2.45) is 0 Å². The van der Waals surface area contributed by atoms with E-state index in [4.69, 9.17) is 23.2 Å². The van der Waals surface area contributed by atoms with Gasteiger partial charge in [-0.1, -0.05) is 30.7 Å². The van der Waals surface area contributed by atoms with Crippen molar-refractivity contribution in [1.82, 2.24) is 9.78 Å². The number of hydrogen-bond acceptors (Lipinski definition) is 1. The maximum Gasteiger partial charge on any atom is 0.0835 e. The van der Waals surface area contributed by atoms with Crippen LogP contribution < -0.4 is 0 Å². The predicted molar refractivity (Wildman–Crippen MR) is 67.5 cm³/mol. The van der Waals surface area contributed by atoms with Crippen LogP contribution in [-0.4, -0.2) is 9.78 Å². The summed E-state index contributed by atoms with van der Waals surface area (Å²) >= 11 is 12.0. The summed E-state index contributed by atoms with van der Waals surface area (Å²) in [4.78, 5) is 0. The number of benzene rings is 1. The number of aromatic nitrogens is 2. The number of nitrogens with zero attached hydrogens (tertiary/aromatic N) is 2. The molecule has 0 aliphatic rings. The summed E-state index contributed by atoms with van der Waals surface area (Å²) in [6, 6.07) is 7.66. The predicted octanol–water partition coefficient (Wildman–Crippen LogP) is 3.83. The summed E-state index contributed by atoms with van der Waals surface area (Å²) in [6.07, 6.45) is 2.68. The molecule has 2 rings (SSSR count). The lowest BCUT2D eigenvalue weighted by molar-refractivity contribution is 0.811. The van der Waals surface area contributed by atoms with Crippen molar-refractivity contribution < 1.29 is 0 Å². The lowest BCUT2D eigenvalue weighted by Gasteiger charge is -2.08. The SMILES string of the molecule is CCc1c(CCl)cnn1-c1ccccc1Cl. The summed E-state index contributed by atoms with van der Waals surface area (Å²) in [5.41, 5.74) is 3.07. The smallest absolute Gasteiger partial charge is 0.0835 e.